The molecular weight excluding hydrogens is 447 g/mol. The highest BCUT2D eigenvalue weighted by Gasteiger charge is 2.46. The largest absolute Gasteiger partial charge is 0.389 e. The lowest BCUT2D eigenvalue weighted by molar-refractivity contribution is -0.0834. The molecule has 1 saturated heterocycles. The minimum absolute atomic E-state index is 0.00824. The maximum absolute atomic E-state index is 14.7. The fraction of sp³-hybridized carbons (Fsp3) is 0.480. The van der Waals surface area contributed by atoms with E-state index < -0.39 is 40.2 Å². The van der Waals surface area contributed by atoms with E-state index >= 15 is 0 Å². The van der Waals surface area contributed by atoms with Crippen molar-refractivity contribution in [3.8, 4) is 0 Å². The van der Waals surface area contributed by atoms with Gasteiger partial charge in [0.1, 0.15) is 11.4 Å². The minimum atomic E-state index is -1.29. The lowest BCUT2D eigenvalue weighted by atomic mass is 9.91. The van der Waals surface area contributed by atoms with Gasteiger partial charge in [-0.1, -0.05) is 13.0 Å². The van der Waals surface area contributed by atoms with Crippen LogP contribution in [0.2, 0.25) is 0 Å². The number of amides is 1. The van der Waals surface area contributed by atoms with Crippen LogP contribution in [0, 0.1) is 17.5 Å². The summed E-state index contributed by atoms with van der Waals surface area (Å²) in [6.07, 6.45) is 2.98. The molecule has 1 saturated carbocycles. The number of likely N-dealkylation sites (tertiary alicyclic amines) is 1. The molecular formula is C25H30F3N3O3. The average Bonchev–Trinajstić information content (AvgIpc) is 3.12. The summed E-state index contributed by atoms with van der Waals surface area (Å²) in [6, 6.07) is 6.22. The Kier molecular flexibility index (Phi) is 6.63. The zero-order chi connectivity index (χ0) is 24.7. The topological polar surface area (TPSA) is 84.8 Å². The Bertz CT molecular complexity index is 1090. The Balaban J connectivity index is 1.47. The van der Waals surface area contributed by atoms with Crippen molar-refractivity contribution in [3.63, 3.8) is 0 Å². The molecule has 1 amide bonds. The van der Waals surface area contributed by atoms with Crippen molar-refractivity contribution in [1.29, 1.82) is 0 Å². The summed E-state index contributed by atoms with van der Waals surface area (Å²) in [5.74, 6) is -3.71. The Morgan fingerprint density at radius 2 is 1.88 bits per heavy atom. The summed E-state index contributed by atoms with van der Waals surface area (Å²) < 4.78 is 43.1. The van der Waals surface area contributed by atoms with E-state index in [1.165, 1.54) is 17.0 Å². The molecule has 1 aliphatic carbocycles. The molecule has 2 unspecified atom stereocenters. The molecule has 0 spiro atoms. The highest BCUT2D eigenvalue weighted by Crippen LogP contribution is 2.33. The molecule has 2 fully saturated rings. The van der Waals surface area contributed by atoms with Gasteiger partial charge in [0.2, 0.25) is 0 Å². The molecule has 0 bridgehead atoms. The Morgan fingerprint density at radius 1 is 1.15 bits per heavy atom. The van der Waals surface area contributed by atoms with Gasteiger partial charge in [-0.25, -0.2) is 13.2 Å². The number of aliphatic hydroxyl groups is 2. The third-order valence-electron chi connectivity index (χ3n) is 6.89. The standard InChI is InChI=1S/C25H30F3N3O3/c1-3-15-6-9-19(18(27)11-15)30-22-16(7-8-17(26)21(22)28)23(32)31-13-25(34,14-31)12-29-20-5-4-10-24(20,2)33/h6-9,11,20,29-30,33-34H,3-5,10,12-14H2,1-2H3. The van der Waals surface area contributed by atoms with Crippen LogP contribution in [0.1, 0.15) is 49.0 Å². The molecule has 4 N–H and O–H groups in total. The van der Waals surface area contributed by atoms with Gasteiger partial charge in [0.15, 0.2) is 11.6 Å². The Hall–Kier alpha value is -2.62. The van der Waals surface area contributed by atoms with Gasteiger partial charge in [0, 0.05) is 12.6 Å². The van der Waals surface area contributed by atoms with Crippen molar-refractivity contribution < 1.29 is 28.2 Å². The number of hydrogen-bond acceptors (Lipinski definition) is 5. The first-order chi connectivity index (χ1) is 16.0. The lowest BCUT2D eigenvalue weighted by Gasteiger charge is -2.47. The maximum Gasteiger partial charge on any atom is 0.256 e. The third-order valence-corrected chi connectivity index (χ3v) is 6.89. The number of anilines is 2. The van der Waals surface area contributed by atoms with Gasteiger partial charge >= 0.3 is 0 Å². The summed E-state index contributed by atoms with van der Waals surface area (Å²) >= 11 is 0. The molecule has 184 valence electrons. The summed E-state index contributed by atoms with van der Waals surface area (Å²) in [5, 5.41) is 26.9. The van der Waals surface area contributed by atoms with E-state index in [0.29, 0.717) is 12.8 Å². The van der Waals surface area contributed by atoms with Crippen LogP contribution in [-0.4, -0.2) is 57.9 Å². The molecule has 2 aromatic rings. The van der Waals surface area contributed by atoms with Crippen LogP contribution in [0.25, 0.3) is 0 Å². The van der Waals surface area contributed by atoms with Gasteiger partial charge < -0.3 is 25.7 Å². The Morgan fingerprint density at radius 3 is 2.50 bits per heavy atom. The molecule has 9 heteroatoms. The second-order valence-electron chi connectivity index (χ2n) is 9.65. The van der Waals surface area contributed by atoms with Crippen molar-refractivity contribution in [2.75, 3.05) is 25.0 Å². The smallest absolute Gasteiger partial charge is 0.256 e. The molecule has 0 radical (unpaired) electrons. The number of nitrogens with zero attached hydrogens (tertiary/aromatic N) is 1. The molecule has 34 heavy (non-hydrogen) atoms. The summed E-state index contributed by atoms with van der Waals surface area (Å²) in [4.78, 5) is 14.4. The van der Waals surface area contributed by atoms with Gasteiger partial charge in [-0.2, -0.15) is 0 Å². The minimum Gasteiger partial charge on any atom is -0.389 e. The van der Waals surface area contributed by atoms with E-state index in [-0.39, 0.29) is 36.9 Å². The first-order valence-electron chi connectivity index (χ1n) is 11.5. The summed E-state index contributed by atoms with van der Waals surface area (Å²) in [7, 11) is 0. The number of nitrogens with one attached hydrogen (secondary N) is 2. The number of rotatable bonds is 7. The van der Waals surface area contributed by atoms with Crippen LogP contribution in [0.15, 0.2) is 30.3 Å². The molecule has 2 aliphatic rings. The van der Waals surface area contributed by atoms with Crippen molar-refractivity contribution in [2.24, 2.45) is 0 Å². The first-order valence-corrected chi connectivity index (χ1v) is 11.5. The van der Waals surface area contributed by atoms with E-state index in [1.807, 2.05) is 6.92 Å². The second kappa shape index (κ2) is 9.20. The van der Waals surface area contributed by atoms with Crippen LogP contribution in [0.4, 0.5) is 24.5 Å². The van der Waals surface area contributed by atoms with E-state index in [1.54, 1.807) is 13.0 Å². The van der Waals surface area contributed by atoms with Crippen molar-refractivity contribution in [1.82, 2.24) is 10.2 Å². The highest BCUT2D eigenvalue weighted by molar-refractivity contribution is 6.01. The van der Waals surface area contributed by atoms with E-state index in [9.17, 15) is 28.2 Å². The zero-order valence-corrected chi connectivity index (χ0v) is 19.3. The van der Waals surface area contributed by atoms with Gasteiger partial charge in [-0.3, -0.25) is 4.79 Å². The van der Waals surface area contributed by atoms with E-state index in [4.69, 9.17) is 0 Å². The SMILES string of the molecule is CCc1ccc(Nc2c(C(=O)N3CC(O)(CNC4CCCC4(C)O)C3)ccc(F)c2F)c(F)c1. The number of halogens is 3. The number of benzene rings is 2. The predicted molar refractivity (Wildman–Crippen MR) is 123 cm³/mol. The van der Waals surface area contributed by atoms with E-state index in [2.05, 4.69) is 10.6 Å². The quantitative estimate of drug-likeness (QED) is 0.491. The van der Waals surface area contributed by atoms with Gasteiger partial charge in [-0.15, -0.1) is 0 Å². The van der Waals surface area contributed by atoms with Gasteiger partial charge in [0.05, 0.1) is 35.6 Å². The number of carbonyl (C=O) groups excluding carboxylic acids is 1. The fourth-order valence-corrected chi connectivity index (χ4v) is 4.74. The van der Waals surface area contributed by atoms with Crippen LogP contribution < -0.4 is 10.6 Å². The number of β-amino-alcohol motifs (C(OH)–C–C–N with tert-alkyl or cyclic N) is 1. The third kappa shape index (κ3) is 4.78. The van der Waals surface area contributed by atoms with Gasteiger partial charge in [0.25, 0.3) is 5.91 Å². The van der Waals surface area contributed by atoms with Crippen LogP contribution in [0.5, 0.6) is 0 Å². The molecule has 2 atom stereocenters. The lowest BCUT2D eigenvalue weighted by Crippen LogP contribution is -2.68. The first kappa shape index (κ1) is 24.5. The number of hydrogen-bond donors (Lipinski definition) is 4. The highest BCUT2D eigenvalue weighted by atomic mass is 19.2. The van der Waals surface area contributed by atoms with Crippen LogP contribution in [0.3, 0.4) is 0 Å². The summed E-state index contributed by atoms with van der Waals surface area (Å²) in [6.45, 7) is 3.80. The second-order valence-corrected chi connectivity index (χ2v) is 9.65. The van der Waals surface area contributed by atoms with Gasteiger partial charge in [-0.05, 0) is 62.4 Å². The van der Waals surface area contributed by atoms with Crippen LogP contribution in [-0.2, 0) is 6.42 Å². The summed E-state index contributed by atoms with van der Waals surface area (Å²) in [5.41, 5.74) is -1.99. The molecule has 2 aromatic carbocycles. The maximum atomic E-state index is 14.7. The van der Waals surface area contributed by atoms with Crippen molar-refractivity contribution in [3.05, 3.63) is 58.9 Å². The normalized spacial score (nSPS) is 23.6. The van der Waals surface area contributed by atoms with Crippen molar-refractivity contribution >= 4 is 17.3 Å². The fourth-order valence-electron chi connectivity index (χ4n) is 4.74. The molecule has 1 heterocycles. The van der Waals surface area contributed by atoms with E-state index in [0.717, 1.165) is 30.5 Å². The number of aryl methyl sites for hydroxylation is 1. The molecule has 1 aliphatic heterocycles. The van der Waals surface area contributed by atoms with Crippen LogP contribution >= 0.6 is 0 Å². The molecule has 0 aromatic heterocycles. The average molecular weight is 478 g/mol. The molecule has 4 rings (SSSR count). The zero-order valence-electron chi connectivity index (χ0n) is 19.3. The monoisotopic (exact) mass is 477 g/mol. The number of carbonyl (C=O) groups is 1. The Labute approximate surface area is 196 Å². The molecule has 6 nitrogen and oxygen atoms in total. The predicted octanol–water partition coefficient (Wildman–Crippen LogP) is 3.49. The van der Waals surface area contributed by atoms with Crippen molar-refractivity contribution in [2.45, 2.75) is 56.8 Å².